The Morgan fingerprint density at radius 2 is 1.04 bits per heavy atom. The van der Waals surface area contributed by atoms with Gasteiger partial charge in [-0.2, -0.15) is 10.5 Å². The van der Waals surface area contributed by atoms with Crippen molar-refractivity contribution in [1.82, 2.24) is 0 Å². The Morgan fingerprint density at radius 1 is 0.615 bits per heavy atom. The molecular formula is C24H14N2. The van der Waals surface area contributed by atoms with Gasteiger partial charge in [-0.15, -0.1) is 0 Å². The third-order valence-electron chi connectivity index (χ3n) is 4.53. The zero-order valence-corrected chi connectivity index (χ0v) is 14.0. The van der Waals surface area contributed by atoms with E-state index in [4.69, 9.17) is 10.5 Å². The largest absolute Gasteiger partial charge is 0.192 e. The van der Waals surface area contributed by atoms with Crippen LogP contribution in [0.4, 0.5) is 0 Å². The van der Waals surface area contributed by atoms with E-state index < -0.39 is 0 Å². The van der Waals surface area contributed by atoms with Crippen LogP contribution in [0.3, 0.4) is 0 Å². The number of fused-ring (bicyclic) bond motifs is 1. The Labute approximate surface area is 151 Å². The monoisotopic (exact) mass is 330 g/mol. The standard InChI is InChI=1S/C24H14N2/c25-15-22(16-26)19-11-20-13-23(17-7-3-1-4-8-17)24(14-21(20)12-19)18-9-5-2-6-10-18/h1-14H. The van der Waals surface area contributed by atoms with E-state index >= 15 is 0 Å². The van der Waals surface area contributed by atoms with Gasteiger partial charge in [0.05, 0.1) is 0 Å². The van der Waals surface area contributed by atoms with Crippen LogP contribution in [0.2, 0.25) is 0 Å². The number of rotatable bonds is 2. The first-order chi connectivity index (χ1) is 12.8. The van der Waals surface area contributed by atoms with Crippen molar-refractivity contribution in [2.24, 2.45) is 0 Å². The highest BCUT2D eigenvalue weighted by molar-refractivity contribution is 5.86. The van der Waals surface area contributed by atoms with Crippen LogP contribution in [-0.2, 0) is 0 Å². The summed E-state index contributed by atoms with van der Waals surface area (Å²) in [5.41, 5.74) is 5.37. The summed E-state index contributed by atoms with van der Waals surface area (Å²) >= 11 is 0. The van der Waals surface area contributed by atoms with Crippen molar-refractivity contribution in [3.05, 3.63) is 94.4 Å². The van der Waals surface area contributed by atoms with Gasteiger partial charge in [0, 0.05) is 5.57 Å². The van der Waals surface area contributed by atoms with Crippen LogP contribution in [-0.4, -0.2) is 0 Å². The third-order valence-corrected chi connectivity index (χ3v) is 4.53. The third kappa shape index (κ3) is 2.71. The zero-order chi connectivity index (χ0) is 17.9. The molecule has 2 heteroatoms. The second-order valence-electron chi connectivity index (χ2n) is 6.10. The molecule has 0 bridgehead atoms. The van der Waals surface area contributed by atoms with Crippen LogP contribution in [0.5, 0.6) is 0 Å². The van der Waals surface area contributed by atoms with E-state index in [1.807, 2.05) is 60.7 Å². The van der Waals surface area contributed by atoms with Crippen LogP contribution in [0.1, 0.15) is 0 Å². The average Bonchev–Trinajstić information content (AvgIpc) is 3.12. The van der Waals surface area contributed by atoms with Crippen molar-refractivity contribution >= 4 is 12.2 Å². The van der Waals surface area contributed by atoms with E-state index in [0.29, 0.717) is 5.57 Å². The first kappa shape index (κ1) is 15.6. The van der Waals surface area contributed by atoms with E-state index in [1.165, 1.54) is 0 Å². The Kier molecular flexibility index (Phi) is 3.94. The lowest BCUT2D eigenvalue weighted by molar-refractivity contribution is 1.46. The second kappa shape index (κ2) is 6.55. The molecule has 0 atom stereocenters. The zero-order valence-electron chi connectivity index (χ0n) is 14.0. The van der Waals surface area contributed by atoms with Gasteiger partial charge in [0.2, 0.25) is 0 Å². The molecule has 0 heterocycles. The summed E-state index contributed by atoms with van der Waals surface area (Å²) in [4.78, 5) is 0. The molecule has 3 aromatic rings. The second-order valence-corrected chi connectivity index (χ2v) is 6.10. The van der Waals surface area contributed by atoms with Gasteiger partial charge in [0.25, 0.3) is 0 Å². The number of benzene rings is 3. The lowest BCUT2D eigenvalue weighted by Gasteiger charge is -2.10. The summed E-state index contributed by atoms with van der Waals surface area (Å²) < 4.78 is 0. The van der Waals surface area contributed by atoms with E-state index in [-0.39, 0.29) is 5.57 Å². The van der Waals surface area contributed by atoms with Crippen LogP contribution in [0.15, 0.2) is 83.9 Å². The number of hydrogen-bond donors (Lipinski definition) is 0. The molecule has 0 N–H and O–H groups in total. The van der Waals surface area contributed by atoms with Crippen LogP contribution < -0.4 is 10.4 Å². The fourth-order valence-electron chi connectivity index (χ4n) is 3.27. The molecule has 120 valence electrons. The maximum Gasteiger partial charge on any atom is 0.136 e. The number of nitriles is 2. The maximum atomic E-state index is 9.16. The fraction of sp³-hybridized carbons (Fsp3) is 0. The predicted molar refractivity (Wildman–Crippen MR) is 104 cm³/mol. The van der Waals surface area contributed by atoms with Crippen molar-refractivity contribution in [2.75, 3.05) is 0 Å². The van der Waals surface area contributed by atoms with E-state index in [0.717, 1.165) is 32.7 Å². The molecule has 0 unspecified atom stereocenters. The van der Waals surface area contributed by atoms with Gasteiger partial charge in [-0.3, -0.25) is 0 Å². The SMILES string of the molecule is N#CC(C#N)=C1C=c2cc(-c3ccccc3)c(-c3ccccc3)cc2=C1. The molecule has 0 saturated carbocycles. The number of hydrogen-bond acceptors (Lipinski definition) is 2. The first-order valence-corrected chi connectivity index (χ1v) is 8.33. The van der Waals surface area contributed by atoms with Crippen LogP contribution in [0.25, 0.3) is 34.4 Å². The van der Waals surface area contributed by atoms with Gasteiger partial charge >= 0.3 is 0 Å². The maximum absolute atomic E-state index is 9.16. The molecule has 0 aromatic heterocycles. The van der Waals surface area contributed by atoms with Gasteiger partial charge < -0.3 is 0 Å². The molecule has 0 fully saturated rings. The van der Waals surface area contributed by atoms with Crippen LogP contribution >= 0.6 is 0 Å². The van der Waals surface area contributed by atoms with Crippen molar-refractivity contribution in [3.63, 3.8) is 0 Å². The Bertz CT molecular complexity index is 1120. The Morgan fingerprint density at radius 3 is 1.42 bits per heavy atom. The van der Waals surface area contributed by atoms with Gasteiger partial charge in [0.15, 0.2) is 0 Å². The molecule has 1 aliphatic rings. The highest BCUT2D eigenvalue weighted by atomic mass is 14.3. The normalized spacial score (nSPS) is 11.5. The molecule has 4 rings (SSSR count). The summed E-state index contributed by atoms with van der Waals surface area (Å²) in [5, 5.41) is 20.4. The van der Waals surface area contributed by atoms with Crippen molar-refractivity contribution in [2.45, 2.75) is 0 Å². The summed E-state index contributed by atoms with van der Waals surface area (Å²) in [5.74, 6) is 0. The topological polar surface area (TPSA) is 47.6 Å². The van der Waals surface area contributed by atoms with Crippen molar-refractivity contribution < 1.29 is 0 Å². The number of allylic oxidation sites excluding steroid dienone is 2. The van der Waals surface area contributed by atoms with Gasteiger partial charge in [-0.1, -0.05) is 60.7 Å². The lowest BCUT2D eigenvalue weighted by Crippen LogP contribution is -2.21. The summed E-state index contributed by atoms with van der Waals surface area (Å²) in [6.45, 7) is 0. The van der Waals surface area contributed by atoms with E-state index in [9.17, 15) is 0 Å². The summed E-state index contributed by atoms with van der Waals surface area (Å²) in [6, 6.07) is 28.8. The molecule has 0 saturated heterocycles. The molecule has 26 heavy (non-hydrogen) atoms. The minimum atomic E-state index is 0.142. The average molecular weight is 330 g/mol. The summed E-state index contributed by atoms with van der Waals surface area (Å²) in [6.07, 6.45) is 3.83. The highest BCUT2D eigenvalue weighted by Gasteiger charge is 2.12. The highest BCUT2D eigenvalue weighted by Crippen LogP contribution is 2.30. The lowest BCUT2D eigenvalue weighted by atomic mass is 9.93. The van der Waals surface area contributed by atoms with E-state index in [2.05, 4.69) is 36.4 Å². The van der Waals surface area contributed by atoms with Gasteiger partial charge in [-0.05, 0) is 57.0 Å². The van der Waals surface area contributed by atoms with Crippen molar-refractivity contribution in [3.8, 4) is 34.4 Å². The van der Waals surface area contributed by atoms with E-state index in [1.54, 1.807) is 0 Å². The van der Waals surface area contributed by atoms with Crippen LogP contribution in [0, 0.1) is 22.7 Å². The molecule has 1 aliphatic carbocycles. The predicted octanol–water partition coefficient (Wildman–Crippen LogP) is 3.94. The molecule has 2 nitrogen and oxygen atoms in total. The summed E-state index contributed by atoms with van der Waals surface area (Å²) in [7, 11) is 0. The van der Waals surface area contributed by atoms with Crippen molar-refractivity contribution in [1.29, 1.82) is 10.5 Å². The first-order valence-electron chi connectivity index (χ1n) is 8.33. The molecular weight excluding hydrogens is 316 g/mol. The minimum Gasteiger partial charge on any atom is -0.192 e. The fourth-order valence-corrected chi connectivity index (χ4v) is 3.27. The number of nitrogens with zero attached hydrogens (tertiary/aromatic N) is 2. The smallest absolute Gasteiger partial charge is 0.136 e. The molecule has 0 aliphatic heterocycles. The quantitative estimate of drug-likeness (QED) is 0.668. The van der Waals surface area contributed by atoms with Gasteiger partial charge in [-0.25, -0.2) is 0 Å². The van der Waals surface area contributed by atoms with Gasteiger partial charge in [0.1, 0.15) is 17.7 Å². The molecule has 0 spiro atoms. The molecule has 0 radical (unpaired) electrons. The Hall–Kier alpha value is -3.88. The molecule has 3 aromatic carbocycles. The minimum absolute atomic E-state index is 0.142. The molecule has 0 amide bonds. The Balaban J connectivity index is 2.04.